The molecule has 112 valence electrons. The lowest BCUT2D eigenvalue weighted by Gasteiger charge is -2.13. The van der Waals surface area contributed by atoms with Crippen molar-refractivity contribution in [2.75, 3.05) is 12.9 Å². The highest BCUT2D eigenvalue weighted by Crippen LogP contribution is 2.27. The molecule has 2 aromatic rings. The van der Waals surface area contributed by atoms with Crippen LogP contribution >= 0.6 is 11.8 Å². The van der Waals surface area contributed by atoms with Gasteiger partial charge in [-0.25, -0.2) is 0 Å². The maximum Gasteiger partial charge on any atom is 0.119 e. The molecule has 0 heterocycles. The van der Waals surface area contributed by atoms with Gasteiger partial charge in [0.25, 0.3) is 0 Å². The summed E-state index contributed by atoms with van der Waals surface area (Å²) in [6.07, 6.45) is -0.524. The second-order valence-electron chi connectivity index (χ2n) is 4.96. The van der Waals surface area contributed by atoms with Crippen LogP contribution in [0.25, 0.3) is 0 Å². The van der Waals surface area contributed by atoms with Crippen LogP contribution in [0.4, 0.5) is 0 Å². The van der Waals surface area contributed by atoms with Gasteiger partial charge < -0.3 is 15.6 Å². The summed E-state index contributed by atoms with van der Waals surface area (Å²) in [5.74, 6) is 1.35. The molecule has 4 heteroatoms. The number of hydrogen-bond donors (Lipinski definition) is 2. The zero-order valence-electron chi connectivity index (χ0n) is 12.3. The van der Waals surface area contributed by atoms with Crippen molar-refractivity contribution in [3.05, 3.63) is 59.7 Å². The minimum absolute atomic E-state index is 0.0221. The molecule has 3 N–H and O–H groups in total. The van der Waals surface area contributed by atoms with Gasteiger partial charge in [0, 0.05) is 16.7 Å². The van der Waals surface area contributed by atoms with Gasteiger partial charge in [-0.3, -0.25) is 0 Å². The number of ether oxygens (including phenoxy) is 1. The summed E-state index contributed by atoms with van der Waals surface area (Å²) >= 11 is 1.62. The molecule has 0 fully saturated rings. The third-order valence-electron chi connectivity index (χ3n) is 3.27. The highest BCUT2D eigenvalue weighted by Gasteiger charge is 2.10. The Morgan fingerprint density at radius 2 is 1.86 bits per heavy atom. The molecule has 0 saturated carbocycles. The van der Waals surface area contributed by atoms with Crippen LogP contribution in [0.1, 0.15) is 30.2 Å². The van der Waals surface area contributed by atoms with Crippen LogP contribution in [0.3, 0.4) is 0 Å². The van der Waals surface area contributed by atoms with Crippen molar-refractivity contribution >= 4 is 11.8 Å². The van der Waals surface area contributed by atoms with Crippen LogP contribution in [0, 0.1) is 0 Å². The quantitative estimate of drug-likeness (QED) is 0.801. The van der Waals surface area contributed by atoms with Crippen LogP contribution < -0.4 is 10.5 Å². The average Bonchev–Trinajstić information content (AvgIpc) is 2.53. The van der Waals surface area contributed by atoms with Crippen molar-refractivity contribution in [3.63, 3.8) is 0 Å². The molecular weight excluding hydrogens is 282 g/mol. The average molecular weight is 303 g/mol. The van der Waals surface area contributed by atoms with E-state index in [9.17, 15) is 5.11 Å². The highest BCUT2D eigenvalue weighted by atomic mass is 32.2. The van der Waals surface area contributed by atoms with E-state index in [-0.39, 0.29) is 6.04 Å². The number of rotatable bonds is 6. The van der Waals surface area contributed by atoms with E-state index in [1.807, 2.05) is 49.4 Å². The fraction of sp³-hybridized carbons (Fsp3) is 0.294. The van der Waals surface area contributed by atoms with E-state index in [0.29, 0.717) is 5.75 Å². The fourth-order valence-corrected chi connectivity index (χ4v) is 2.94. The highest BCUT2D eigenvalue weighted by molar-refractivity contribution is 7.99. The van der Waals surface area contributed by atoms with Gasteiger partial charge in [0.2, 0.25) is 0 Å². The molecule has 0 aliphatic heterocycles. The molecule has 2 rings (SSSR count). The van der Waals surface area contributed by atoms with Gasteiger partial charge in [-0.2, -0.15) is 0 Å². The van der Waals surface area contributed by atoms with Gasteiger partial charge in [-0.05, 0) is 42.3 Å². The van der Waals surface area contributed by atoms with Crippen molar-refractivity contribution in [1.82, 2.24) is 0 Å². The van der Waals surface area contributed by atoms with E-state index in [4.69, 9.17) is 10.5 Å². The standard InChI is InChI=1S/C17H21NO2S/c1-12(18)13-5-4-8-16(10-13)21-11-17(19)14-6-3-7-15(9-14)20-2/h3-10,12,17,19H,11,18H2,1-2H3. The third-order valence-corrected chi connectivity index (χ3v) is 4.34. The van der Waals surface area contributed by atoms with E-state index in [0.717, 1.165) is 21.8 Å². The van der Waals surface area contributed by atoms with Crippen LogP contribution in [0.5, 0.6) is 5.75 Å². The maximum atomic E-state index is 10.3. The van der Waals surface area contributed by atoms with E-state index >= 15 is 0 Å². The minimum Gasteiger partial charge on any atom is -0.497 e. The van der Waals surface area contributed by atoms with Gasteiger partial charge in [-0.15, -0.1) is 11.8 Å². The van der Waals surface area contributed by atoms with Gasteiger partial charge in [-0.1, -0.05) is 24.3 Å². The number of hydrogen-bond acceptors (Lipinski definition) is 4. The number of aliphatic hydroxyl groups is 1. The monoisotopic (exact) mass is 303 g/mol. The molecule has 0 aromatic heterocycles. The lowest BCUT2D eigenvalue weighted by atomic mass is 10.1. The van der Waals surface area contributed by atoms with Crippen molar-refractivity contribution in [2.24, 2.45) is 5.73 Å². The fourth-order valence-electron chi connectivity index (χ4n) is 2.01. The first-order valence-corrected chi connectivity index (χ1v) is 7.89. The normalized spacial score (nSPS) is 13.7. The summed E-state index contributed by atoms with van der Waals surface area (Å²) in [5, 5.41) is 10.3. The van der Waals surface area contributed by atoms with Crippen LogP contribution in [0.2, 0.25) is 0 Å². The first-order valence-electron chi connectivity index (χ1n) is 6.90. The number of thioether (sulfide) groups is 1. The molecule has 0 radical (unpaired) electrons. The van der Waals surface area contributed by atoms with Gasteiger partial charge in [0.15, 0.2) is 0 Å². The maximum absolute atomic E-state index is 10.3. The molecule has 0 amide bonds. The first kappa shape index (κ1) is 15.9. The number of methoxy groups -OCH3 is 1. The Hall–Kier alpha value is -1.49. The molecule has 0 aliphatic carbocycles. The summed E-state index contributed by atoms with van der Waals surface area (Å²) in [5.41, 5.74) is 7.86. The topological polar surface area (TPSA) is 55.5 Å². The number of nitrogens with two attached hydrogens (primary N) is 1. The molecule has 3 nitrogen and oxygen atoms in total. The van der Waals surface area contributed by atoms with Crippen molar-refractivity contribution in [3.8, 4) is 5.75 Å². The van der Waals surface area contributed by atoms with E-state index < -0.39 is 6.10 Å². The smallest absolute Gasteiger partial charge is 0.119 e. The van der Waals surface area contributed by atoms with Crippen molar-refractivity contribution in [2.45, 2.75) is 24.0 Å². The summed E-state index contributed by atoms with van der Waals surface area (Å²) < 4.78 is 5.18. The molecule has 0 aliphatic rings. The van der Waals surface area contributed by atoms with Crippen molar-refractivity contribution < 1.29 is 9.84 Å². The molecule has 0 bridgehead atoms. The Kier molecular flexibility index (Phi) is 5.67. The zero-order chi connectivity index (χ0) is 15.2. The SMILES string of the molecule is COc1cccc(C(O)CSc2cccc(C(C)N)c2)c1. The Balaban J connectivity index is 2.00. The molecule has 2 unspecified atom stereocenters. The van der Waals surface area contributed by atoms with Gasteiger partial charge in [0.1, 0.15) is 5.75 Å². The van der Waals surface area contributed by atoms with Crippen molar-refractivity contribution in [1.29, 1.82) is 0 Å². The molecule has 2 atom stereocenters. The Morgan fingerprint density at radius 3 is 2.57 bits per heavy atom. The van der Waals surface area contributed by atoms with E-state index in [2.05, 4.69) is 6.07 Å². The molecule has 0 saturated heterocycles. The zero-order valence-corrected chi connectivity index (χ0v) is 13.1. The predicted octanol–water partition coefficient (Wildman–Crippen LogP) is 3.54. The second-order valence-corrected chi connectivity index (χ2v) is 6.06. The van der Waals surface area contributed by atoms with Crippen LogP contribution in [-0.4, -0.2) is 18.0 Å². The number of aliphatic hydroxyl groups excluding tert-OH is 1. The predicted molar refractivity (Wildman–Crippen MR) is 87.7 cm³/mol. The molecule has 2 aromatic carbocycles. The first-order chi connectivity index (χ1) is 10.1. The summed E-state index contributed by atoms with van der Waals surface area (Å²) in [6.45, 7) is 1.97. The second kappa shape index (κ2) is 7.50. The van der Waals surface area contributed by atoms with Gasteiger partial charge >= 0.3 is 0 Å². The van der Waals surface area contributed by atoms with E-state index in [1.165, 1.54) is 0 Å². The van der Waals surface area contributed by atoms with Gasteiger partial charge in [0.05, 0.1) is 13.2 Å². The summed E-state index contributed by atoms with van der Waals surface area (Å²) in [7, 11) is 1.62. The molecular formula is C17H21NO2S. The summed E-state index contributed by atoms with van der Waals surface area (Å²) in [6, 6.07) is 15.7. The molecule has 21 heavy (non-hydrogen) atoms. The Morgan fingerprint density at radius 1 is 1.14 bits per heavy atom. The third kappa shape index (κ3) is 4.49. The van der Waals surface area contributed by atoms with Crippen LogP contribution in [-0.2, 0) is 0 Å². The Bertz CT molecular complexity index is 587. The lowest BCUT2D eigenvalue weighted by molar-refractivity contribution is 0.203. The molecule has 0 spiro atoms. The summed E-state index contributed by atoms with van der Waals surface area (Å²) in [4.78, 5) is 1.12. The number of benzene rings is 2. The lowest BCUT2D eigenvalue weighted by Crippen LogP contribution is -2.05. The Labute approximate surface area is 130 Å². The minimum atomic E-state index is -0.524. The van der Waals surface area contributed by atoms with E-state index in [1.54, 1.807) is 18.9 Å². The van der Waals surface area contributed by atoms with Crippen LogP contribution in [0.15, 0.2) is 53.4 Å². The largest absolute Gasteiger partial charge is 0.497 e.